The smallest absolute Gasteiger partial charge is 0.343 e. The van der Waals surface area contributed by atoms with E-state index in [1.807, 2.05) is 34.9 Å². The first-order chi connectivity index (χ1) is 14.5. The van der Waals surface area contributed by atoms with E-state index in [-0.39, 0.29) is 11.8 Å². The number of fused-ring (bicyclic) bond motifs is 1. The molecule has 0 fully saturated rings. The van der Waals surface area contributed by atoms with E-state index in [0.29, 0.717) is 47.7 Å². The van der Waals surface area contributed by atoms with Gasteiger partial charge in [0.05, 0.1) is 25.2 Å². The van der Waals surface area contributed by atoms with Crippen molar-refractivity contribution in [2.45, 2.75) is 26.4 Å². The maximum atomic E-state index is 12.6. The van der Waals surface area contributed by atoms with Gasteiger partial charge in [0.1, 0.15) is 22.6 Å². The van der Waals surface area contributed by atoms with Gasteiger partial charge in [-0.05, 0) is 18.9 Å². The third-order valence-electron chi connectivity index (χ3n) is 4.65. The summed E-state index contributed by atoms with van der Waals surface area (Å²) in [4.78, 5) is 24.9. The summed E-state index contributed by atoms with van der Waals surface area (Å²) in [7, 11) is 0. The van der Waals surface area contributed by atoms with Crippen molar-refractivity contribution in [3.05, 3.63) is 65.0 Å². The number of nitrogen functional groups attached to an aromatic ring is 1. The SMILES string of the molecule is Cc1nn(Cc2ccccc2)c(Cl)c1C(=O)OCCCn1cnc2c(N)ncnc21. The number of carbonyl (C=O) groups excluding carboxylic acids is 1. The number of carbonyl (C=O) groups is 1. The first kappa shape index (κ1) is 19.8. The number of rotatable bonds is 7. The van der Waals surface area contributed by atoms with Crippen LogP contribution >= 0.6 is 11.6 Å². The molecule has 0 radical (unpaired) electrons. The summed E-state index contributed by atoms with van der Waals surface area (Å²) in [6, 6.07) is 9.78. The molecule has 9 nitrogen and oxygen atoms in total. The molecule has 1 aromatic carbocycles. The molecule has 4 rings (SSSR count). The monoisotopic (exact) mass is 425 g/mol. The number of aryl methyl sites for hydroxylation is 2. The van der Waals surface area contributed by atoms with E-state index < -0.39 is 5.97 Å². The third-order valence-corrected chi connectivity index (χ3v) is 5.03. The third kappa shape index (κ3) is 3.97. The van der Waals surface area contributed by atoms with Gasteiger partial charge < -0.3 is 15.0 Å². The number of aromatic nitrogens is 6. The predicted octanol–water partition coefficient (Wildman–Crippen LogP) is 2.86. The molecule has 3 heterocycles. The van der Waals surface area contributed by atoms with E-state index in [9.17, 15) is 4.79 Å². The number of benzene rings is 1. The lowest BCUT2D eigenvalue weighted by molar-refractivity contribution is 0.0495. The molecule has 3 aromatic heterocycles. The van der Waals surface area contributed by atoms with Gasteiger partial charge in [-0.15, -0.1) is 0 Å². The zero-order valence-corrected chi connectivity index (χ0v) is 17.1. The summed E-state index contributed by atoms with van der Waals surface area (Å²) in [6.45, 7) is 3.01. The maximum absolute atomic E-state index is 12.6. The fraction of sp³-hybridized carbons (Fsp3) is 0.250. The summed E-state index contributed by atoms with van der Waals surface area (Å²) in [5, 5.41) is 4.66. The highest BCUT2D eigenvalue weighted by Gasteiger charge is 2.21. The Kier molecular flexibility index (Phi) is 5.62. The number of esters is 1. The van der Waals surface area contributed by atoms with Gasteiger partial charge in [0, 0.05) is 6.54 Å². The van der Waals surface area contributed by atoms with Crippen LogP contribution in [0, 0.1) is 6.92 Å². The largest absolute Gasteiger partial charge is 0.462 e. The van der Waals surface area contributed by atoms with Crippen LogP contribution in [-0.4, -0.2) is 41.9 Å². The van der Waals surface area contributed by atoms with Crippen LogP contribution in [0.25, 0.3) is 11.2 Å². The zero-order valence-electron chi connectivity index (χ0n) is 16.3. The highest BCUT2D eigenvalue weighted by molar-refractivity contribution is 6.32. The molecule has 0 bridgehead atoms. The Hall–Kier alpha value is -3.46. The lowest BCUT2D eigenvalue weighted by Gasteiger charge is -2.07. The predicted molar refractivity (Wildman–Crippen MR) is 112 cm³/mol. The minimum absolute atomic E-state index is 0.221. The van der Waals surface area contributed by atoms with Crippen molar-refractivity contribution in [1.29, 1.82) is 0 Å². The van der Waals surface area contributed by atoms with Gasteiger partial charge in [0.2, 0.25) is 0 Å². The first-order valence-corrected chi connectivity index (χ1v) is 9.77. The molecule has 154 valence electrons. The van der Waals surface area contributed by atoms with Crippen LogP contribution in [-0.2, 0) is 17.8 Å². The van der Waals surface area contributed by atoms with Crippen molar-refractivity contribution in [2.75, 3.05) is 12.3 Å². The molecule has 0 aliphatic rings. The summed E-state index contributed by atoms with van der Waals surface area (Å²) in [5.41, 5.74) is 8.87. The normalized spacial score (nSPS) is 11.1. The minimum atomic E-state index is -0.487. The van der Waals surface area contributed by atoms with Gasteiger partial charge in [0.25, 0.3) is 0 Å². The Morgan fingerprint density at radius 2 is 2.00 bits per heavy atom. The van der Waals surface area contributed by atoms with Crippen molar-refractivity contribution >= 4 is 34.6 Å². The lowest BCUT2D eigenvalue weighted by atomic mass is 10.2. The Morgan fingerprint density at radius 3 is 2.80 bits per heavy atom. The molecule has 2 N–H and O–H groups in total. The van der Waals surface area contributed by atoms with E-state index in [2.05, 4.69) is 20.1 Å². The fourth-order valence-electron chi connectivity index (χ4n) is 3.18. The second kappa shape index (κ2) is 8.50. The summed E-state index contributed by atoms with van der Waals surface area (Å²) >= 11 is 6.41. The highest BCUT2D eigenvalue weighted by atomic mass is 35.5. The van der Waals surface area contributed by atoms with E-state index >= 15 is 0 Å². The number of imidazole rings is 1. The molecule has 0 saturated carbocycles. The molecule has 0 unspecified atom stereocenters. The van der Waals surface area contributed by atoms with E-state index in [1.165, 1.54) is 6.33 Å². The number of anilines is 1. The molecule has 0 atom stereocenters. The number of halogens is 1. The van der Waals surface area contributed by atoms with Crippen LogP contribution in [0.4, 0.5) is 5.82 Å². The standard InChI is InChI=1S/C20H20ClN7O2/c1-13-15(17(21)28(26-13)10-14-6-3-2-4-7-14)20(29)30-9-5-8-27-12-25-16-18(22)23-11-24-19(16)27/h2-4,6-7,11-12H,5,8-10H2,1H3,(H2,22,23,24). The fourth-order valence-corrected chi connectivity index (χ4v) is 3.49. The van der Waals surface area contributed by atoms with Crippen LogP contribution in [0.3, 0.4) is 0 Å². The van der Waals surface area contributed by atoms with Gasteiger partial charge in [-0.25, -0.2) is 24.4 Å². The Labute approximate surface area is 177 Å². The molecular formula is C20H20ClN7O2. The molecule has 0 spiro atoms. The molecule has 0 aliphatic heterocycles. The zero-order chi connectivity index (χ0) is 21.1. The van der Waals surface area contributed by atoms with E-state index in [4.69, 9.17) is 22.1 Å². The van der Waals surface area contributed by atoms with Crippen molar-refractivity contribution in [3.63, 3.8) is 0 Å². The number of nitrogens with zero attached hydrogens (tertiary/aromatic N) is 6. The topological polar surface area (TPSA) is 114 Å². The summed E-state index contributed by atoms with van der Waals surface area (Å²) < 4.78 is 8.87. The van der Waals surface area contributed by atoms with Gasteiger partial charge in [0.15, 0.2) is 11.5 Å². The van der Waals surface area contributed by atoms with Crippen LogP contribution in [0.15, 0.2) is 43.0 Å². The van der Waals surface area contributed by atoms with Gasteiger partial charge in [-0.2, -0.15) is 5.10 Å². The summed E-state index contributed by atoms with van der Waals surface area (Å²) in [5.74, 6) is -0.151. The van der Waals surface area contributed by atoms with Crippen LogP contribution in [0.2, 0.25) is 5.15 Å². The van der Waals surface area contributed by atoms with Crippen LogP contribution in [0.5, 0.6) is 0 Å². The van der Waals surface area contributed by atoms with Crippen LogP contribution in [0.1, 0.15) is 28.0 Å². The second-order valence-electron chi connectivity index (χ2n) is 6.75. The number of ether oxygens (including phenoxy) is 1. The molecule has 10 heteroatoms. The van der Waals surface area contributed by atoms with Gasteiger partial charge >= 0.3 is 5.97 Å². The van der Waals surface area contributed by atoms with Crippen molar-refractivity contribution < 1.29 is 9.53 Å². The molecule has 0 saturated heterocycles. The average molecular weight is 426 g/mol. The molecule has 0 aliphatic carbocycles. The Bertz CT molecular complexity index is 1190. The summed E-state index contributed by atoms with van der Waals surface area (Å²) in [6.07, 6.45) is 3.62. The number of hydrogen-bond donors (Lipinski definition) is 1. The number of nitrogens with two attached hydrogens (primary N) is 1. The van der Waals surface area contributed by atoms with E-state index in [1.54, 1.807) is 17.9 Å². The lowest BCUT2D eigenvalue weighted by Crippen LogP contribution is -2.10. The van der Waals surface area contributed by atoms with Crippen molar-refractivity contribution in [1.82, 2.24) is 29.3 Å². The quantitative estimate of drug-likeness (QED) is 0.357. The molecule has 30 heavy (non-hydrogen) atoms. The Morgan fingerprint density at radius 1 is 1.20 bits per heavy atom. The minimum Gasteiger partial charge on any atom is -0.462 e. The first-order valence-electron chi connectivity index (χ1n) is 9.40. The van der Waals surface area contributed by atoms with E-state index in [0.717, 1.165) is 5.56 Å². The van der Waals surface area contributed by atoms with Gasteiger partial charge in [-0.1, -0.05) is 41.9 Å². The Balaban J connectivity index is 1.36. The number of hydrogen-bond acceptors (Lipinski definition) is 7. The highest BCUT2D eigenvalue weighted by Crippen LogP contribution is 2.22. The molecule has 0 amide bonds. The van der Waals surface area contributed by atoms with Gasteiger partial charge in [-0.3, -0.25) is 0 Å². The average Bonchev–Trinajstić information content (AvgIpc) is 3.27. The van der Waals surface area contributed by atoms with Crippen LogP contribution < -0.4 is 5.73 Å². The molecular weight excluding hydrogens is 406 g/mol. The molecule has 4 aromatic rings. The maximum Gasteiger partial charge on any atom is 0.343 e. The van der Waals surface area contributed by atoms with Crippen molar-refractivity contribution in [3.8, 4) is 0 Å². The second-order valence-corrected chi connectivity index (χ2v) is 7.11. The van der Waals surface area contributed by atoms with Crippen molar-refractivity contribution in [2.24, 2.45) is 0 Å².